The van der Waals surface area contributed by atoms with E-state index in [1.807, 2.05) is 35.2 Å². The number of benzene rings is 2. The summed E-state index contributed by atoms with van der Waals surface area (Å²) in [6.45, 7) is 2.76. The van der Waals surface area contributed by atoms with Crippen LogP contribution < -0.4 is 5.32 Å². The van der Waals surface area contributed by atoms with E-state index in [9.17, 15) is 14.0 Å². The summed E-state index contributed by atoms with van der Waals surface area (Å²) in [6, 6.07) is 15.5. The topological polar surface area (TPSA) is 52.7 Å². The van der Waals surface area contributed by atoms with Crippen LogP contribution in [0, 0.1) is 5.82 Å². The summed E-state index contributed by atoms with van der Waals surface area (Å²) in [7, 11) is 0. The van der Waals surface area contributed by atoms with Crippen LogP contribution in [0.5, 0.6) is 0 Å². The molecule has 0 atom stereocenters. The first-order valence-corrected chi connectivity index (χ1v) is 8.69. The Morgan fingerprint density at radius 3 is 2.38 bits per heavy atom. The Labute approximate surface area is 152 Å². The van der Waals surface area contributed by atoms with Gasteiger partial charge < -0.3 is 10.2 Å². The maximum Gasteiger partial charge on any atom is 0.238 e. The van der Waals surface area contributed by atoms with Crippen molar-refractivity contribution < 1.29 is 14.0 Å². The van der Waals surface area contributed by atoms with E-state index in [4.69, 9.17) is 0 Å². The predicted molar refractivity (Wildman–Crippen MR) is 98.2 cm³/mol. The van der Waals surface area contributed by atoms with Crippen molar-refractivity contribution in [1.82, 2.24) is 9.80 Å². The fourth-order valence-corrected chi connectivity index (χ4v) is 3.01. The molecule has 0 radical (unpaired) electrons. The molecule has 2 amide bonds. The zero-order valence-corrected chi connectivity index (χ0v) is 14.5. The zero-order chi connectivity index (χ0) is 18.4. The zero-order valence-electron chi connectivity index (χ0n) is 14.5. The molecule has 2 aromatic rings. The smallest absolute Gasteiger partial charge is 0.238 e. The van der Waals surface area contributed by atoms with E-state index < -0.39 is 0 Å². The lowest BCUT2D eigenvalue weighted by molar-refractivity contribution is -0.132. The van der Waals surface area contributed by atoms with Crippen LogP contribution in [0.15, 0.2) is 54.6 Å². The first-order valence-electron chi connectivity index (χ1n) is 8.69. The molecule has 1 heterocycles. The number of hydrogen-bond acceptors (Lipinski definition) is 3. The minimum Gasteiger partial charge on any atom is -0.340 e. The number of amides is 2. The highest BCUT2D eigenvalue weighted by Crippen LogP contribution is 2.09. The molecule has 1 saturated heterocycles. The van der Waals surface area contributed by atoms with E-state index in [2.05, 4.69) is 5.32 Å². The second-order valence-electron chi connectivity index (χ2n) is 6.38. The Balaban J connectivity index is 1.43. The number of rotatable bonds is 5. The summed E-state index contributed by atoms with van der Waals surface area (Å²) in [5.41, 5.74) is 1.46. The minimum atomic E-state index is -0.329. The van der Waals surface area contributed by atoms with Gasteiger partial charge in [-0.25, -0.2) is 4.39 Å². The first kappa shape index (κ1) is 18.1. The van der Waals surface area contributed by atoms with Gasteiger partial charge in [0.15, 0.2) is 0 Å². The van der Waals surface area contributed by atoms with Crippen molar-refractivity contribution in [3.8, 4) is 0 Å². The van der Waals surface area contributed by atoms with E-state index in [1.165, 1.54) is 12.1 Å². The fraction of sp³-hybridized carbons (Fsp3) is 0.300. The van der Waals surface area contributed by atoms with Crippen LogP contribution in [-0.2, 0) is 16.0 Å². The molecule has 6 heteroatoms. The number of anilines is 1. The molecule has 1 aliphatic heterocycles. The van der Waals surface area contributed by atoms with E-state index in [0.717, 1.165) is 5.69 Å². The Morgan fingerprint density at radius 2 is 1.69 bits per heavy atom. The van der Waals surface area contributed by atoms with Gasteiger partial charge in [0.05, 0.1) is 13.0 Å². The molecule has 3 rings (SSSR count). The Bertz CT molecular complexity index is 759. The molecule has 0 spiro atoms. The monoisotopic (exact) mass is 355 g/mol. The highest BCUT2D eigenvalue weighted by Gasteiger charge is 2.22. The predicted octanol–water partition coefficient (Wildman–Crippen LogP) is 2.15. The average Bonchev–Trinajstić information content (AvgIpc) is 2.63. The van der Waals surface area contributed by atoms with Crippen LogP contribution in [0.1, 0.15) is 5.56 Å². The molecule has 0 unspecified atom stereocenters. The molecule has 0 saturated carbocycles. The lowest BCUT2D eigenvalue weighted by Gasteiger charge is -2.34. The molecule has 0 aromatic heterocycles. The SMILES string of the molecule is O=C(CN1CCN(C(=O)Cc2cccc(F)c2)CC1)Nc1ccccc1. The summed E-state index contributed by atoms with van der Waals surface area (Å²) >= 11 is 0. The summed E-state index contributed by atoms with van der Waals surface area (Å²) in [4.78, 5) is 28.3. The largest absolute Gasteiger partial charge is 0.340 e. The maximum atomic E-state index is 13.2. The van der Waals surface area contributed by atoms with E-state index in [1.54, 1.807) is 17.0 Å². The van der Waals surface area contributed by atoms with Crippen LogP contribution in [0.2, 0.25) is 0 Å². The minimum absolute atomic E-state index is 0.0102. The van der Waals surface area contributed by atoms with Gasteiger partial charge in [0.1, 0.15) is 5.82 Å². The quantitative estimate of drug-likeness (QED) is 0.894. The molecule has 0 bridgehead atoms. The molecule has 1 N–H and O–H groups in total. The van der Waals surface area contributed by atoms with Crippen molar-refractivity contribution >= 4 is 17.5 Å². The molecule has 1 aliphatic rings. The Kier molecular flexibility index (Phi) is 5.96. The molecule has 1 fully saturated rings. The molecule has 0 aliphatic carbocycles. The lowest BCUT2D eigenvalue weighted by Crippen LogP contribution is -2.50. The van der Waals surface area contributed by atoms with E-state index >= 15 is 0 Å². The number of halogens is 1. The van der Waals surface area contributed by atoms with Gasteiger partial charge in [0, 0.05) is 31.9 Å². The summed E-state index contributed by atoms with van der Waals surface area (Å²) < 4.78 is 13.2. The third-order valence-electron chi connectivity index (χ3n) is 4.39. The van der Waals surface area contributed by atoms with Gasteiger partial charge >= 0.3 is 0 Å². The van der Waals surface area contributed by atoms with Crippen molar-refractivity contribution in [2.45, 2.75) is 6.42 Å². The van der Waals surface area contributed by atoms with Crippen LogP contribution in [0.3, 0.4) is 0 Å². The van der Waals surface area contributed by atoms with Crippen molar-refractivity contribution in [3.63, 3.8) is 0 Å². The molecular formula is C20H22FN3O2. The van der Waals surface area contributed by atoms with Gasteiger partial charge in [0.2, 0.25) is 11.8 Å². The standard InChI is InChI=1S/C20H22FN3O2/c21-17-6-4-5-16(13-17)14-20(26)24-11-9-23(10-12-24)15-19(25)22-18-7-2-1-3-8-18/h1-8,13H,9-12,14-15H2,(H,22,25). The number of nitrogens with zero attached hydrogens (tertiary/aromatic N) is 2. The van der Waals surface area contributed by atoms with Gasteiger partial charge in [0.25, 0.3) is 0 Å². The van der Waals surface area contributed by atoms with E-state index in [0.29, 0.717) is 38.3 Å². The maximum absolute atomic E-state index is 13.2. The fourth-order valence-electron chi connectivity index (χ4n) is 3.01. The molecule has 136 valence electrons. The lowest BCUT2D eigenvalue weighted by atomic mass is 10.1. The van der Waals surface area contributed by atoms with Crippen LogP contribution in [0.25, 0.3) is 0 Å². The Morgan fingerprint density at radius 1 is 0.962 bits per heavy atom. The van der Waals surface area contributed by atoms with Gasteiger partial charge in [-0.3, -0.25) is 14.5 Å². The van der Waals surface area contributed by atoms with Gasteiger partial charge in [-0.1, -0.05) is 30.3 Å². The molecule has 5 nitrogen and oxygen atoms in total. The third-order valence-corrected chi connectivity index (χ3v) is 4.39. The third kappa shape index (κ3) is 5.13. The number of piperazine rings is 1. The highest BCUT2D eigenvalue weighted by molar-refractivity contribution is 5.92. The van der Waals surface area contributed by atoms with E-state index in [-0.39, 0.29) is 24.1 Å². The number of nitrogens with one attached hydrogen (secondary N) is 1. The number of carbonyl (C=O) groups excluding carboxylic acids is 2. The number of hydrogen-bond donors (Lipinski definition) is 1. The summed E-state index contributed by atoms with van der Waals surface area (Å²) in [6.07, 6.45) is 0.201. The van der Waals surface area contributed by atoms with Gasteiger partial charge in [-0.05, 0) is 29.8 Å². The summed E-state index contributed by atoms with van der Waals surface area (Å²) in [5, 5.41) is 2.86. The molecular weight excluding hydrogens is 333 g/mol. The number of carbonyl (C=O) groups is 2. The second kappa shape index (κ2) is 8.58. The second-order valence-corrected chi connectivity index (χ2v) is 6.38. The van der Waals surface area contributed by atoms with Crippen molar-refractivity contribution in [3.05, 3.63) is 66.0 Å². The normalized spacial score (nSPS) is 14.9. The van der Waals surface area contributed by atoms with Gasteiger partial charge in [-0.2, -0.15) is 0 Å². The first-order chi connectivity index (χ1) is 12.6. The van der Waals surface area contributed by atoms with Crippen LogP contribution in [-0.4, -0.2) is 54.3 Å². The molecule has 26 heavy (non-hydrogen) atoms. The van der Waals surface area contributed by atoms with Crippen molar-refractivity contribution in [2.75, 3.05) is 38.0 Å². The highest BCUT2D eigenvalue weighted by atomic mass is 19.1. The Hall–Kier alpha value is -2.73. The van der Waals surface area contributed by atoms with Crippen LogP contribution in [0.4, 0.5) is 10.1 Å². The van der Waals surface area contributed by atoms with Crippen molar-refractivity contribution in [2.24, 2.45) is 0 Å². The van der Waals surface area contributed by atoms with Crippen molar-refractivity contribution in [1.29, 1.82) is 0 Å². The average molecular weight is 355 g/mol. The summed E-state index contributed by atoms with van der Waals surface area (Å²) in [5.74, 6) is -0.399. The molecule has 2 aromatic carbocycles. The number of para-hydroxylation sites is 1. The van der Waals surface area contributed by atoms with Gasteiger partial charge in [-0.15, -0.1) is 0 Å². The van der Waals surface area contributed by atoms with Crippen LogP contribution >= 0.6 is 0 Å².